The van der Waals surface area contributed by atoms with E-state index in [0.717, 1.165) is 75.6 Å². The average Bonchev–Trinajstić information content (AvgIpc) is 3.26. The number of aromatic nitrogens is 2. The van der Waals surface area contributed by atoms with Crippen molar-refractivity contribution in [3.05, 3.63) is 144 Å². The van der Waals surface area contributed by atoms with Crippen LogP contribution in [0.5, 0.6) is 11.5 Å². The lowest BCUT2D eigenvalue weighted by Gasteiger charge is -2.34. The molecule has 0 bridgehead atoms. The summed E-state index contributed by atoms with van der Waals surface area (Å²) in [6.07, 6.45) is 14.7. The molecule has 5 N–H and O–H groups in total. The van der Waals surface area contributed by atoms with Gasteiger partial charge in [-0.15, -0.1) is 24.8 Å². The van der Waals surface area contributed by atoms with E-state index in [0.29, 0.717) is 42.9 Å². The van der Waals surface area contributed by atoms with Crippen LogP contribution in [-0.4, -0.2) is 125 Å². The minimum absolute atomic E-state index is 0.153. The number of aromatic hydroxyl groups is 2. The van der Waals surface area contributed by atoms with E-state index in [2.05, 4.69) is 70.3 Å². The maximum absolute atomic E-state index is 12.2. The van der Waals surface area contributed by atoms with Crippen LogP contribution in [0.3, 0.4) is 0 Å². The van der Waals surface area contributed by atoms with Gasteiger partial charge in [0.2, 0.25) is 0 Å². The van der Waals surface area contributed by atoms with Crippen molar-refractivity contribution in [2.75, 3.05) is 65.4 Å². The predicted octanol–water partition coefficient (Wildman–Crippen LogP) is 4.08. The number of benzene rings is 2. The fourth-order valence-electron chi connectivity index (χ4n) is 6.10. The molecule has 0 atom stereocenters. The van der Waals surface area contributed by atoms with Gasteiger partial charge in [0.1, 0.15) is 11.5 Å². The zero-order valence-corrected chi connectivity index (χ0v) is 34.2. The summed E-state index contributed by atoms with van der Waals surface area (Å²) in [4.78, 5) is 38.5. The highest BCUT2D eigenvalue weighted by Crippen LogP contribution is 2.22. The number of carbonyl (C=O) groups excluding carboxylic acids is 2. The second-order valence-electron chi connectivity index (χ2n) is 13.7. The van der Waals surface area contributed by atoms with Gasteiger partial charge in [0.25, 0.3) is 11.8 Å². The van der Waals surface area contributed by atoms with E-state index >= 15 is 0 Å². The van der Waals surface area contributed by atoms with Gasteiger partial charge in [-0.3, -0.25) is 34.3 Å². The molecule has 0 unspecified atom stereocenters. The van der Waals surface area contributed by atoms with E-state index in [4.69, 9.17) is 11.6 Å². The van der Waals surface area contributed by atoms with Gasteiger partial charge < -0.3 is 15.5 Å². The van der Waals surface area contributed by atoms with Gasteiger partial charge in [-0.1, -0.05) is 48.6 Å². The van der Waals surface area contributed by atoms with Gasteiger partial charge >= 0.3 is 0 Å². The molecule has 2 saturated heterocycles. The van der Waals surface area contributed by atoms with Gasteiger partial charge in [-0.2, -0.15) is 10.2 Å². The Labute approximate surface area is 352 Å². The molecular formula is C44H55ClN10O4. The predicted molar refractivity (Wildman–Crippen MR) is 235 cm³/mol. The number of carbonyl (C=O) groups is 2. The molecule has 4 heterocycles. The van der Waals surface area contributed by atoms with Crippen LogP contribution < -0.4 is 16.2 Å². The summed E-state index contributed by atoms with van der Waals surface area (Å²) < 4.78 is 0. The molecule has 4 aromatic rings. The topological polar surface area (TPSA) is 171 Å². The number of nitrogens with one attached hydrogen (secondary N) is 3. The smallest absolute Gasteiger partial charge is 0.254 e. The van der Waals surface area contributed by atoms with Crippen molar-refractivity contribution < 1.29 is 19.8 Å². The van der Waals surface area contributed by atoms with Crippen molar-refractivity contribution in [3.63, 3.8) is 0 Å². The quantitative estimate of drug-likeness (QED) is 0.0510. The number of pyridine rings is 2. The highest BCUT2D eigenvalue weighted by atomic mass is 35.5. The van der Waals surface area contributed by atoms with Crippen LogP contribution in [0, 0.1) is 0 Å². The number of halogens is 1. The van der Waals surface area contributed by atoms with E-state index < -0.39 is 0 Å². The molecule has 312 valence electrons. The number of phenolic OH excluding ortho intramolecular Hbond substituents is 2. The van der Waals surface area contributed by atoms with Gasteiger partial charge in [-0.25, -0.2) is 10.9 Å². The zero-order valence-electron chi connectivity index (χ0n) is 33.4. The molecule has 2 amide bonds. The van der Waals surface area contributed by atoms with E-state index in [9.17, 15) is 19.8 Å². The van der Waals surface area contributed by atoms with Crippen LogP contribution in [0.2, 0.25) is 0 Å². The fourth-order valence-corrected chi connectivity index (χ4v) is 6.26. The molecule has 0 spiro atoms. The Hall–Kier alpha value is -5.77. The molecular weight excluding hydrogens is 768 g/mol. The molecule has 0 saturated carbocycles. The number of piperazine rings is 2. The van der Waals surface area contributed by atoms with E-state index in [1.165, 1.54) is 18.0 Å². The first-order valence-corrected chi connectivity index (χ1v) is 20.0. The summed E-state index contributed by atoms with van der Waals surface area (Å²) in [6.45, 7) is 15.9. The molecule has 0 radical (unpaired) electrons. The Morgan fingerprint density at radius 3 is 1.61 bits per heavy atom. The Kier molecular flexibility index (Phi) is 20.5. The minimum atomic E-state index is -0.163. The van der Waals surface area contributed by atoms with Crippen LogP contribution >= 0.6 is 11.6 Å². The van der Waals surface area contributed by atoms with Crippen molar-refractivity contribution in [1.29, 1.82) is 0 Å². The summed E-state index contributed by atoms with van der Waals surface area (Å²) in [7, 11) is 0. The van der Waals surface area contributed by atoms with Gasteiger partial charge in [0, 0.05) is 101 Å². The van der Waals surface area contributed by atoms with Crippen LogP contribution in [0.4, 0.5) is 0 Å². The zero-order chi connectivity index (χ0) is 42.1. The molecule has 14 nitrogen and oxygen atoms in total. The third kappa shape index (κ3) is 16.9. The average molecular weight is 823 g/mol. The maximum Gasteiger partial charge on any atom is 0.254 e. The number of alkyl halides is 1. The second kappa shape index (κ2) is 26.3. The van der Waals surface area contributed by atoms with Crippen molar-refractivity contribution in [3.8, 4) is 11.5 Å². The summed E-state index contributed by atoms with van der Waals surface area (Å²) in [6, 6.07) is 18.7. The largest absolute Gasteiger partial charge is 0.507 e. The number of hydrogen-bond donors (Lipinski definition) is 5. The fraction of sp³-hybridized carbons (Fsp3) is 0.318. The molecule has 2 aliphatic rings. The second-order valence-corrected chi connectivity index (χ2v) is 14.0. The summed E-state index contributed by atoms with van der Waals surface area (Å²) in [5.41, 5.74) is 10.00. The summed E-state index contributed by atoms with van der Waals surface area (Å²) in [5, 5.41) is 31.4. The first-order chi connectivity index (χ1) is 28.8. The molecule has 2 aromatic carbocycles. The minimum Gasteiger partial charge on any atom is -0.507 e. The SMILES string of the molecule is C=CCc1cccc(/C=N/NC(=O)CN2CCN(Cc3cccnc3)CC2)c1O.C=CCc1cccc(/C=N/NC(=O)CN2CCNCC2)c1O.ClCc1cccnc1. The number of phenols is 2. The van der Waals surface area contributed by atoms with Crippen molar-refractivity contribution in [1.82, 2.24) is 40.8 Å². The van der Waals surface area contributed by atoms with E-state index in [1.54, 1.807) is 42.9 Å². The standard InChI is InChI=1S/C22H27N5O2.C16H22N4O2.C6H6ClN/c1-2-5-19-7-3-8-20(22(19)29)15-24-25-21(28)17-27-12-10-26(11-13-27)16-18-6-4-9-23-14-18;1-2-4-13-5-3-6-14(16(13)22)11-18-19-15(21)12-20-9-7-17-8-10-20;7-4-6-2-1-3-8-5-6/h2-4,6-9,14-15,29H,1,5,10-13,16-17H2,(H,25,28);2-3,5-6,11,17,22H,1,4,7-10,12H2,(H,19,21);1-3,5H,4H2/b24-15+;18-11+;. The number of para-hydroxylation sites is 2. The van der Waals surface area contributed by atoms with Crippen molar-refractivity contribution in [2.45, 2.75) is 25.3 Å². The lowest BCUT2D eigenvalue weighted by Crippen LogP contribution is -2.48. The Bertz CT molecular complexity index is 1950. The summed E-state index contributed by atoms with van der Waals surface area (Å²) >= 11 is 5.49. The lowest BCUT2D eigenvalue weighted by molar-refractivity contribution is -0.123. The van der Waals surface area contributed by atoms with Crippen LogP contribution in [0.25, 0.3) is 0 Å². The van der Waals surface area contributed by atoms with Crippen LogP contribution in [-0.2, 0) is 34.9 Å². The Morgan fingerprint density at radius 2 is 1.17 bits per heavy atom. The third-order valence-electron chi connectivity index (χ3n) is 9.23. The van der Waals surface area contributed by atoms with Gasteiger partial charge in [0.15, 0.2) is 0 Å². The van der Waals surface area contributed by atoms with Gasteiger partial charge in [-0.05, 0) is 59.4 Å². The monoisotopic (exact) mass is 822 g/mol. The molecule has 0 aliphatic carbocycles. The number of allylic oxidation sites excluding steroid dienone is 2. The molecule has 15 heteroatoms. The molecule has 2 fully saturated rings. The normalized spacial score (nSPS) is 14.7. The Balaban J connectivity index is 0.000000225. The number of hydrazone groups is 2. The highest BCUT2D eigenvalue weighted by Gasteiger charge is 2.19. The maximum atomic E-state index is 12.2. The molecule has 6 rings (SSSR count). The van der Waals surface area contributed by atoms with Gasteiger partial charge in [0.05, 0.1) is 25.5 Å². The van der Waals surface area contributed by atoms with Crippen LogP contribution in [0.1, 0.15) is 33.4 Å². The van der Waals surface area contributed by atoms with Crippen molar-refractivity contribution in [2.24, 2.45) is 10.2 Å². The first kappa shape index (κ1) is 45.9. The number of nitrogens with zero attached hydrogens (tertiary/aromatic N) is 7. The molecule has 2 aromatic heterocycles. The number of amides is 2. The number of rotatable bonds is 15. The highest BCUT2D eigenvalue weighted by molar-refractivity contribution is 6.17. The molecule has 2 aliphatic heterocycles. The lowest BCUT2D eigenvalue weighted by atomic mass is 10.1. The van der Waals surface area contributed by atoms with E-state index in [1.807, 2.05) is 48.7 Å². The molecule has 59 heavy (non-hydrogen) atoms. The summed E-state index contributed by atoms with van der Waals surface area (Å²) in [5.74, 6) is 0.564. The van der Waals surface area contributed by atoms with Crippen LogP contribution in [0.15, 0.2) is 121 Å². The van der Waals surface area contributed by atoms with E-state index in [-0.39, 0.29) is 23.3 Å². The first-order valence-electron chi connectivity index (χ1n) is 19.5. The van der Waals surface area contributed by atoms with Crippen molar-refractivity contribution >= 4 is 35.8 Å². The third-order valence-corrected chi connectivity index (χ3v) is 9.54. The Morgan fingerprint density at radius 1 is 0.695 bits per heavy atom. The number of hydrogen-bond acceptors (Lipinski definition) is 12.